The number of rotatable bonds is 4. The summed E-state index contributed by atoms with van der Waals surface area (Å²) in [4.78, 5) is 22.8. The average Bonchev–Trinajstić information content (AvgIpc) is 2.84. The van der Waals surface area contributed by atoms with Gasteiger partial charge in [-0.15, -0.1) is 0 Å². The van der Waals surface area contributed by atoms with Crippen LogP contribution in [0, 0.1) is 0 Å². The van der Waals surface area contributed by atoms with Crippen LogP contribution in [0.15, 0.2) is 39.5 Å². The molecule has 0 aliphatic rings. The van der Waals surface area contributed by atoms with E-state index in [1.807, 2.05) is 16.8 Å². The molecule has 0 saturated carbocycles. The summed E-state index contributed by atoms with van der Waals surface area (Å²) in [6.45, 7) is 0. The van der Waals surface area contributed by atoms with Gasteiger partial charge in [-0.2, -0.15) is 11.3 Å². The number of aromatic carboxylic acids is 1. The first-order valence-corrected chi connectivity index (χ1v) is 7.13. The van der Waals surface area contributed by atoms with E-state index in [1.54, 1.807) is 12.1 Å². The summed E-state index contributed by atoms with van der Waals surface area (Å²) in [5, 5.41) is 15.5. The predicted octanol–water partition coefficient (Wildman–Crippen LogP) is 3.39. The second kappa shape index (κ2) is 5.99. The minimum absolute atomic E-state index is 0.119. The lowest BCUT2D eigenvalue weighted by atomic mass is 10.2. The third-order valence-corrected chi connectivity index (χ3v) is 3.85. The Labute approximate surface area is 122 Å². The van der Waals surface area contributed by atoms with Gasteiger partial charge in [0.15, 0.2) is 0 Å². The smallest absolute Gasteiger partial charge is 0.336 e. The van der Waals surface area contributed by atoms with Crippen LogP contribution in [0.25, 0.3) is 0 Å². The molecule has 0 saturated heterocycles. The van der Waals surface area contributed by atoms with Crippen molar-refractivity contribution in [3.8, 4) is 0 Å². The van der Waals surface area contributed by atoms with Crippen LogP contribution in [0.1, 0.15) is 15.9 Å². The van der Waals surface area contributed by atoms with Crippen LogP contribution in [0.3, 0.4) is 0 Å². The van der Waals surface area contributed by atoms with Crippen molar-refractivity contribution >= 4 is 44.8 Å². The summed E-state index contributed by atoms with van der Waals surface area (Å²) >= 11 is 4.69. The molecule has 0 aliphatic heterocycles. The highest BCUT2D eigenvalue weighted by molar-refractivity contribution is 9.10. The van der Waals surface area contributed by atoms with Gasteiger partial charge in [0.2, 0.25) is 5.91 Å². The first kappa shape index (κ1) is 13.8. The zero-order valence-electron chi connectivity index (χ0n) is 9.72. The highest BCUT2D eigenvalue weighted by Crippen LogP contribution is 2.21. The summed E-state index contributed by atoms with van der Waals surface area (Å²) in [6.07, 6.45) is 0.280. The van der Waals surface area contributed by atoms with E-state index in [4.69, 9.17) is 5.11 Å². The van der Waals surface area contributed by atoms with Gasteiger partial charge < -0.3 is 10.4 Å². The zero-order valence-corrected chi connectivity index (χ0v) is 12.1. The van der Waals surface area contributed by atoms with Crippen molar-refractivity contribution in [2.45, 2.75) is 6.42 Å². The summed E-state index contributed by atoms with van der Waals surface area (Å²) < 4.78 is 0.482. The van der Waals surface area contributed by atoms with E-state index in [0.29, 0.717) is 10.2 Å². The number of carboxylic acids is 1. The number of thiophene rings is 1. The monoisotopic (exact) mass is 339 g/mol. The van der Waals surface area contributed by atoms with Gasteiger partial charge in [-0.1, -0.05) is 0 Å². The van der Waals surface area contributed by atoms with E-state index in [0.717, 1.165) is 5.56 Å². The molecule has 1 aromatic heterocycles. The van der Waals surface area contributed by atoms with Crippen LogP contribution in [0.5, 0.6) is 0 Å². The number of carbonyl (C=O) groups excluding carboxylic acids is 1. The molecule has 1 amide bonds. The second-order valence-electron chi connectivity index (χ2n) is 3.86. The van der Waals surface area contributed by atoms with Gasteiger partial charge >= 0.3 is 5.97 Å². The minimum atomic E-state index is -1.04. The number of anilines is 1. The van der Waals surface area contributed by atoms with E-state index in [1.165, 1.54) is 17.4 Å². The molecule has 0 spiro atoms. The standard InChI is InChI=1S/C13H10BrNO3S/c14-11-2-1-9(6-10(11)13(17)18)15-12(16)5-8-3-4-19-7-8/h1-4,6-7H,5H2,(H,15,16)(H,17,18). The van der Waals surface area contributed by atoms with Crippen molar-refractivity contribution in [3.63, 3.8) is 0 Å². The maximum atomic E-state index is 11.8. The number of hydrogen-bond acceptors (Lipinski definition) is 3. The molecule has 2 rings (SSSR count). The van der Waals surface area contributed by atoms with Crippen molar-refractivity contribution in [3.05, 3.63) is 50.6 Å². The quantitative estimate of drug-likeness (QED) is 0.897. The van der Waals surface area contributed by atoms with Gasteiger partial charge in [0.1, 0.15) is 0 Å². The van der Waals surface area contributed by atoms with Gasteiger partial charge in [0.05, 0.1) is 12.0 Å². The summed E-state index contributed by atoms with van der Waals surface area (Å²) in [5.41, 5.74) is 1.53. The molecule has 0 atom stereocenters. The molecule has 0 radical (unpaired) electrons. The van der Waals surface area contributed by atoms with Crippen LogP contribution in [-0.2, 0) is 11.2 Å². The highest BCUT2D eigenvalue weighted by Gasteiger charge is 2.10. The average molecular weight is 340 g/mol. The largest absolute Gasteiger partial charge is 0.478 e. The molecule has 6 heteroatoms. The number of nitrogens with one attached hydrogen (secondary N) is 1. The van der Waals surface area contributed by atoms with Crippen LogP contribution in [0.2, 0.25) is 0 Å². The fourth-order valence-electron chi connectivity index (χ4n) is 1.55. The Morgan fingerprint density at radius 3 is 2.74 bits per heavy atom. The number of carbonyl (C=O) groups is 2. The third-order valence-electron chi connectivity index (χ3n) is 2.43. The number of benzene rings is 1. The van der Waals surface area contributed by atoms with Crippen molar-refractivity contribution in [2.24, 2.45) is 0 Å². The minimum Gasteiger partial charge on any atom is -0.478 e. The Balaban J connectivity index is 2.09. The predicted molar refractivity (Wildman–Crippen MR) is 77.8 cm³/mol. The van der Waals surface area contributed by atoms with E-state index in [-0.39, 0.29) is 17.9 Å². The Kier molecular flexibility index (Phi) is 4.34. The Bertz CT molecular complexity index is 610. The van der Waals surface area contributed by atoms with Crippen LogP contribution >= 0.6 is 27.3 Å². The summed E-state index contributed by atoms with van der Waals surface area (Å²) in [7, 11) is 0. The second-order valence-corrected chi connectivity index (χ2v) is 5.49. The lowest BCUT2D eigenvalue weighted by molar-refractivity contribution is -0.115. The lowest BCUT2D eigenvalue weighted by Crippen LogP contribution is -2.14. The van der Waals surface area contributed by atoms with E-state index < -0.39 is 5.97 Å². The van der Waals surface area contributed by atoms with Crippen LogP contribution in [-0.4, -0.2) is 17.0 Å². The van der Waals surface area contributed by atoms with Crippen molar-refractivity contribution in [1.29, 1.82) is 0 Å². The molecule has 1 heterocycles. The lowest BCUT2D eigenvalue weighted by Gasteiger charge is -2.06. The SMILES string of the molecule is O=C(Cc1ccsc1)Nc1ccc(Br)c(C(=O)O)c1. The fourth-order valence-corrected chi connectivity index (χ4v) is 2.64. The van der Waals surface area contributed by atoms with Gasteiger partial charge in [0, 0.05) is 10.2 Å². The number of carboxylic acid groups (broad SMARTS) is 1. The molecule has 0 bridgehead atoms. The molecule has 2 N–H and O–H groups in total. The maximum absolute atomic E-state index is 11.8. The molecule has 0 fully saturated rings. The van der Waals surface area contributed by atoms with Crippen molar-refractivity contribution in [1.82, 2.24) is 0 Å². The number of hydrogen-bond donors (Lipinski definition) is 2. The molecule has 1 aromatic carbocycles. The molecule has 98 valence electrons. The zero-order chi connectivity index (χ0) is 13.8. The number of halogens is 1. The first-order chi connectivity index (χ1) is 9.06. The van der Waals surface area contributed by atoms with Gasteiger partial charge in [0.25, 0.3) is 0 Å². The topological polar surface area (TPSA) is 66.4 Å². The molecule has 2 aromatic rings. The van der Waals surface area contributed by atoms with Gasteiger partial charge in [-0.25, -0.2) is 4.79 Å². The number of amides is 1. The highest BCUT2D eigenvalue weighted by atomic mass is 79.9. The molecule has 19 heavy (non-hydrogen) atoms. The Hall–Kier alpha value is -1.66. The van der Waals surface area contributed by atoms with E-state index >= 15 is 0 Å². The normalized spacial score (nSPS) is 10.2. The maximum Gasteiger partial charge on any atom is 0.336 e. The molecule has 0 aliphatic carbocycles. The van der Waals surface area contributed by atoms with E-state index in [9.17, 15) is 9.59 Å². The fraction of sp³-hybridized carbons (Fsp3) is 0.0769. The first-order valence-electron chi connectivity index (χ1n) is 5.40. The van der Waals surface area contributed by atoms with Crippen molar-refractivity contribution < 1.29 is 14.7 Å². The van der Waals surface area contributed by atoms with E-state index in [2.05, 4.69) is 21.2 Å². The van der Waals surface area contributed by atoms with Crippen LogP contribution < -0.4 is 5.32 Å². The summed E-state index contributed by atoms with van der Waals surface area (Å²) in [6, 6.07) is 6.57. The molecule has 0 unspecified atom stereocenters. The molecular weight excluding hydrogens is 330 g/mol. The third kappa shape index (κ3) is 3.65. The summed E-state index contributed by atoms with van der Waals surface area (Å²) in [5.74, 6) is -1.21. The molecular formula is C13H10BrNO3S. The van der Waals surface area contributed by atoms with Gasteiger partial charge in [-0.3, -0.25) is 4.79 Å². The van der Waals surface area contributed by atoms with Crippen LogP contribution in [0.4, 0.5) is 5.69 Å². The van der Waals surface area contributed by atoms with Crippen molar-refractivity contribution in [2.75, 3.05) is 5.32 Å². The Morgan fingerprint density at radius 2 is 2.11 bits per heavy atom. The molecule has 4 nitrogen and oxygen atoms in total. The van der Waals surface area contributed by atoms with Gasteiger partial charge in [-0.05, 0) is 56.5 Å². The Morgan fingerprint density at radius 1 is 1.32 bits per heavy atom.